The monoisotopic (exact) mass is 282 g/mol. The van der Waals surface area contributed by atoms with Gasteiger partial charge in [-0.3, -0.25) is 0 Å². The van der Waals surface area contributed by atoms with Crippen molar-refractivity contribution in [3.05, 3.63) is 29.6 Å². The summed E-state index contributed by atoms with van der Waals surface area (Å²) >= 11 is 0. The molecular formula is C16H27FN2O. The van der Waals surface area contributed by atoms with Crippen molar-refractivity contribution in [2.75, 3.05) is 32.2 Å². The quantitative estimate of drug-likeness (QED) is 0.793. The van der Waals surface area contributed by atoms with Crippen molar-refractivity contribution < 1.29 is 9.13 Å². The molecule has 0 bridgehead atoms. The van der Waals surface area contributed by atoms with Crippen molar-refractivity contribution in [3.63, 3.8) is 0 Å². The van der Waals surface area contributed by atoms with Crippen LogP contribution in [-0.2, 0) is 11.3 Å². The molecule has 0 aromatic heterocycles. The molecule has 1 atom stereocenters. The molecule has 1 aromatic rings. The molecule has 0 heterocycles. The van der Waals surface area contributed by atoms with E-state index >= 15 is 0 Å². The number of ether oxygens (including phenoxy) is 1. The molecule has 0 aliphatic rings. The molecule has 0 spiro atoms. The molecule has 4 heteroatoms. The van der Waals surface area contributed by atoms with Crippen molar-refractivity contribution in [3.8, 4) is 0 Å². The molecule has 1 rings (SSSR count). The van der Waals surface area contributed by atoms with Gasteiger partial charge in [-0.15, -0.1) is 0 Å². The summed E-state index contributed by atoms with van der Waals surface area (Å²) in [4.78, 5) is 1.91. The third kappa shape index (κ3) is 5.10. The van der Waals surface area contributed by atoms with E-state index in [0.29, 0.717) is 24.8 Å². The maximum Gasteiger partial charge on any atom is 0.146 e. The summed E-state index contributed by atoms with van der Waals surface area (Å²) in [5.41, 5.74) is 1.59. The molecule has 1 N–H and O–H groups in total. The van der Waals surface area contributed by atoms with Crippen LogP contribution < -0.4 is 10.2 Å². The van der Waals surface area contributed by atoms with E-state index in [4.69, 9.17) is 4.74 Å². The topological polar surface area (TPSA) is 24.5 Å². The van der Waals surface area contributed by atoms with Gasteiger partial charge in [0.05, 0.1) is 12.3 Å². The van der Waals surface area contributed by atoms with E-state index < -0.39 is 0 Å². The third-order valence-electron chi connectivity index (χ3n) is 3.34. The number of methoxy groups -OCH3 is 1. The molecule has 0 saturated heterocycles. The highest BCUT2D eigenvalue weighted by atomic mass is 19.1. The predicted molar refractivity (Wildman–Crippen MR) is 82.7 cm³/mol. The number of hydrogen-bond donors (Lipinski definition) is 1. The van der Waals surface area contributed by atoms with Crippen molar-refractivity contribution in [2.24, 2.45) is 5.92 Å². The van der Waals surface area contributed by atoms with Gasteiger partial charge in [-0.05, 0) is 37.1 Å². The smallest absolute Gasteiger partial charge is 0.146 e. The zero-order valence-corrected chi connectivity index (χ0v) is 13.2. The lowest BCUT2D eigenvalue weighted by molar-refractivity contribution is 0.183. The van der Waals surface area contributed by atoms with Gasteiger partial charge in [-0.2, -0.15) is 0 Å². The minimum Gasteiger partial charge on any atom is -0.383 e. The van der Waals surface area contributed by atoms with Crippen LogP contribution in [0.2, 0.25) is 0 Å². The van der Waals surface area contributed by atoms with Crippen LogP contribution in [-0.4, -0.2) is 33.4 Å². The lowest BCUT2D eigenvalue weighted by Gasteiger charge is -2.27. The Morgan fingerprint density at radius 2 is 2.00 bits per heavy atom. The molecule has 1 unspecified atom stereocenters. The van der Waals surface area contributed by atoms with Crippen molar-refractivity contribution >= 4 is 5.69 Å². The van der Waals surface area contributed by atoms with E-state index in [1.54, 1.807) is 13.2 Å². The van der Waals surface area contributed by atoms with E-state index in [1.807, 2.05) is 31.0 Å². The average Bonchev–Trinajstić information content (AvgIpc) is 2.38. The lowest BCUT2D eigenvalue weighted by Crippen LogP contribution is -2.33. The van der Waals surface area contributed by atoms with Crippen LogP contribution in [0.4, 0.5) is 10.1 Å². The van der Waals surface area contributed by atoms with Gasteiger partial charge in [0.2, 0.25) is 0 Å². The minimum absolute atomic E-state index is 0.138. The molecule has 114 valence electrons. The van der Waals surface area contributed by atoms with Gasteiger partial charge < -0.3 is 15.0 Å². The van der Waals surface area contributed by atoms with Crippen LogP contribution in [0.5, 0.6) is 0 Å². The first-order valence-electron chi connectivity index (χ1n) is 7.16. The Morgan fingerprint density at radius 1 is 1.30 bits per heavy atom. The summed E-state index contributed by atoms with van der Waals surface area (Å²) in [6, 6.07) is 5.56. The molecule has 0 amide bonds. The van der Waals surface area contributed by atoms with Gasteiger partial charge in [0, 0.05) is 26.7 Å². The zero-order valence-electron chi connectivity index (χ0n) is 13.2. The average molecular weight is 282 g/mol. The highest BCUT2D eigenvalue weighted by Gasteiger charge is 2.14. The number of nitrogens with one attached hydrogen (secondary N) is 1. The Hall–Kier alpha value is -1.13. The Labute approximate surface area is 122 Å². The second-order valence-electron chi connectivity index (χ2n) is 5.73. The van der Waals surface area contributed by atoms with Crippen molar-refractivity contribution in [1.29, 1.82) is 0 Å². The lowest BCUT2D eigenvalue weighted by atomic mass is 10.1. The summed E-state index contributed by atoms with van der Waals surface area (Å²) in [6.45, 7) is 8.54. The third-order valence-corrected chi connectivity index (χ3v) is 3.34. The van der Waals surface area contributed by atoms with E-state index in [1.165, 1.54) is 0 Å². The zero-order chi connectivity index (χ0) is 15.1. The Bertz CT molecular complexity index is 409. The van der Waals surface area contributed by atoms with Crippen LogP contribution in [0.3, 0.4) is 0 Å². The van der Waals surface area contributed by atoms with E-state index in [0.717, 1.165) is 12.1 Å². The fourth-order valence-corrected chi connectivity index (χ4v) is 2.04. The predicted octanol–water partition coefficient (Wildman–Crippen LogP) is 3.04. The van der Waals surface area contributed by atoms with Crippen LogP contribution in [0.15, 0.2) is 18.2 Å². The maximum atomic E-state index is 14.2. The second kappa shape index (κ2) is 8.22. The number of nitrogens with zero attached hydrogens (tertiary/aromatic N) is 1. The summed E-state index contributed by atoms with van der Waals surface area (Å²) in [6.07, 6.45) is 0. The standard InChI is InChI=1S/C16H27FN2O/c1-12(2)9-18-10-14-6-7-16(15(17)8-14)19(4)13(3)11-20-5/h6-8,12-13,18H,9-11H2,1-5H3. The van der Waals surface area contributed by atoms with Gasteiger partial charge in [-0.1, -0.05) is 19.9 Å². The fraction of sp³-hybridized carbons (Fsp3) is 0.625. The van der Waals surface area contributed by atoms with Crippen molar-refractivity contribution in [2.45, 2.75) is 33.4 Å². The van der Waals surface area contributed by atoms with Gasteiger partial charge in [0.15, 0.2) is 0 Å². The van der Waals surface area contributed by atoms with Gasteiger partial charge >= 0.3 is 0 Å². The Balaban J connectivity index is 2.67. The number of likely N-dealkylation sites (N-methyl/N-ethyl adjacent to an activating group) is 1. The summed E-state index contributed by atoms with van der Waals surface area (Å²) in [7, 11) is 3.54. The van der Waals surface area contributed by atoms with Gasteiger partial charge in [-0.25, -0.2) is 4.39 Å². The highest BCUT2D eigenvalue weighted by molar-refractivity contribution is 5.49. The summed E-state index contributed by atoms with van der Waals surface area (Å²) in [5.74, 6) is 0.416. The molecule has 20 heavy (non-hydrogen) atoms. The number of anilines is 1. The first-order chi connectivity index (χ1) is 9.45. The molecule has 0 radical (unpaired) electrons. The van der Waals surface area contributed by atoms with Gasteiger partial charge in [0.1, 0.15) is 5.82 Å². The molecule has 0 aliphatic heterocycles. The van der Waals surface area contributed by atoms with E-state index in [-0.39, 0.29) is 11.9 Å². The summed E-state index contributed by atoms with van der Waals surface area (Å²) in [5, 5.41) is 3.32. The number of benzene rings is 1. The van der Waals surface area contributed by atoms with E-state index in [9.17, 15) is 4.39 Å². The number of halogens is 1. The maximum absolute atomic E-state index is 14.2. The molecule has 0 saturated carbocycles. The van der Waals surface area contributed by atoms with E-state index in [2.05, 4.69) is 19.2 Å². The Kier molecular flexibility index (Phi) is 6.96. The van der Waals surface area contributed by atoms with Crippen molar-refractivity contribution in [1.82, 2.24) is 5.32 Å². The highest BCUT2D eigenvalue weighted by Crippen LogP contribution is 2.21. The second-order valence-corrected chi connectivity index (χ2v) is 5.73. The van der Waals surface area contributed by atoms with Gasteiger partial charge in [0.25, 0.3) is 0 Å². The Morgan fingerprint density at radius 3 is 2.55 bits per heavy atom. The minimum atomic E-state index is -0.181. The SMILES string of the molecule is COCC(C)N(C)c1ccc(CNCC(C)C)cc1F. The molecule has 0 fully saturated rings. The number of rotatable bonds is 8. The normalized spacial score (nSPS) is 12.8. The first-order valence-corrected chi connectivity index (χ1v) is 7.16. The summed E-state index contributed by atoms with van der Waals surface area (Å²) < 4.78 is 19.3. The molecule has 3 nitrogen and oxygen atoms in total. The molecule has 0 aliphatic carbocycles. The first kappa shape index (κ1) is 16.9. The fourth-order valence-electron chi connectivity index (χ4n) is 2.04. The molecule has 1 aromatic carbocycles. The van der Waals surface area contributed by atoms with Crippen LogP contribution in [0.25, 0.3) is 0 Å². The van der Waals surface area contributed by atoms with Crippen LogP contribution in [0.1, 0.15) is 26.3 Å². The largest absolute Gasteiger partial charge is 0.383 e. The number of hydrogen-bond acceptors (Lipinski definition) is 3. The van der Waals surface area contributed by atoms with Crippen LogP contribution in [0, 0.1) is 11.7 Å². The van der Waals surface area contributed by atoms with Crippen LogP contribution >= 0.6 is 0 Å². The molecular weight excluding hydrogens is 255 g/mol.